The van der Waals surface area contributed by atoms with Crippen molar-refractivity contribution >= 4 is 12.2 Å². The third kappa shape index (κ3) is 16.1. The van der Waals surface area contributed by atoms with E-state index in [4.69, 9.17) is 42.6 Å². The van der Waals surface area contributed by atoms with Crippen LogP contribution in [0.25, 0.3) is 11.1 Å². The molecule has 0 fully saturated rings. The Morgan fingerprint density at radius 3 is 1.25 bits per heavy atom. The summed E-state index contributed by atoms with van der Waals surface area (Å²) in [5.74, 6) is 0.0337. The first-order valence-corrected chi connectivity index (χ1v) is 17.8. The Hall–Kier alpha value is -4.08. The summed E-state index contributed by atoms with van der Waals surface area (Å²) in [4.78, 5) is 23.9. The normalized spacial score (nSPS) is 11.9. The second-order valence-electron chi connectivity index (χ2n) is 11.5. The molecule has 0 atom stereocenters. The van der Waals surface area contributed by atoms with Crippen LogP contribution in [-0.2, 0) is 49.2 Å². The monoisotopic (exact) mass is 724 g/mol. The van der Waals surface area contributed by atoms with Crippen molar-refractivity contribution in [3.8, 4) is 11.1 Å². The molecule has 13 nitrogen and oxygen atoms in total. The average Bonchev–Trinajstić information content (AvgIpc) is 3.50. The summed E-state index contributed by atoms with van der Waals surface area (Å²) in [6, 6.07) is 26.0. The standard InChI is InChI=1S/C39H52N2O11/c42-38(51-30-32-8-2-1-3-9-32)40-14-16-44-18-20-46-22-24-48-26-28-50-29-27-49-25-23-47-21-19-45-17-15-41-39(43)52-31-37-35-12-6-4-10-33(35)34-11-5-7-13-36(34)37/h1-13,37H,14-31H2,(H,40,42)(H,41,43). The molecule has 0 spiro atoms. The second-order valence-corrected chi connectivity index (χ2v) is 11.5. The fourth-order valence-electron chi connectivity index (χ4n) is 5.30. The summed E-state index contributed by atoms with van der Waals surface area (Å²) >= 11 is 0. The van der Waals surface area contributed by atoms with Gasteiger partial charge < -0.3 is 53.3 Å². The Kier molecular flexibility index (Phi) is 20.2. The largest absolute Gasteiger partial charge is 0.449 e. The van der Waals surface area contributed by atoms with Gasteiger partial charge in [-0.2, -0.15) is 0 Å². The van der Waals surface area contributed by atoms with Crippen LogP contribution in [0.3, 0.4) is 0 Å². The minimum Gasteiger partial charge on any atom is -0.449 e. The van der Waals surface area contributed by atoms with Crippen molar-refractivity contribution in [3.05, 3.63) is 95.6 Å². The minimum absolute atomic E-state index is 0.0337. The van der Waals surface area contributed by atoms with E-state index in [0.29, 0.717) is 106 Å². The molecule has 0 saturated carbocycles. The summed E-state index contributed by atoms with van der Waals surface area (Å²) in [5, 5.41) is 5.38. The Morgan fingerprint density at radius 1 is 0.442 bits per heavy atom. The summed E-state index contributed by atoms with van der Waals surface area (Å²) in [7, 11) is 0. The number of benzene rings is 3. The van der Waals surface area contributed by atoms with Gasteiger partial charge in [-0.1, -0.05) is 78.9 Å². The Balaban J connectivity index is 0.817. The maximum Gasteiger partial charge on any atom is 0.407 e. The number of carbonyl (C=O) groups excluding carboxylic acids is 2. The molecular formula is C39H52N2O11. The summed E-state index contributed by atoms with van der Waals surface area (Å²) in [5.41, 5.74) is 5.69. The molecule has 4 rings (SSSR count). The number of rotatable bonds is 28. The second kappa shape index (κ2) is 25.8. The van der Waals surface area contributed by atoms with E-state index in [-0.39, 0.29) is 19.1 Å². The van der Waals surface area contributed by atoms with Gasteiger partial charge in [-0.25, -0.2) is 9.59 Å². The van der Waals surface area contributed by atoms with Gasteiger partial charge >= 0.3 is 12.2 Å². The van der Waals surface area contributed by atoms with Gasteiger partial charge in [-0.05, 0) is 27.8 Å². The van der Waals surface area contributed by atoms with E-state index in [1.807, 2.05) is 54.6 Å². The lowest BCUT2D eigenvalue weighted by atomic mass is 9.98. The van der Waals surface area contributed by atoms with Crippen LogP contribution >= 0.6 is 0 Å². The first kappa shape index (κ1) is 40.7. The average molecular weight is 725 g/mol. The number of hydrogen-bond donors (Lipinski definition) is 2. The van der Waals surface area contributed by atoms with Crippen molar-refractivity contribution in [1.82, 2.24) is 10.6 Å². The molecule has 2 amide bonds. The molecule has 0 aliphatic heterocycles. The number of amides is 2. The van der Waals surface area contributed by atoms with Crippen LogP contribution in [0.15, 0.2) is 78.9 Å². The first-order chi connectivity index (χ1) is 25.7. The van der Waals surface area contributed by atoms with Gasteiger partial charge in [0.1, 0.15) is 13.2 Å². The molecule has 1 aliphatic carbocycles. The molecule has 0 saturated heterocycles. The van der Waals surface area contributed by atoms with Crippen molar-refractivity contribution < 1.29 is 52.2 Å². The zero-order valence-corrected chi connectivity index (χ0v) is 29.8. The van der Waals surface area contributed by atoms with Crippen LogP contribution in [-0.4, -0.2) is 124 Å². The minimum atomic E-state index is -0.473. The SMILES string of the molecule is O=C(NCCOCCOCCOCCOCCOCCOCCOCCNC(=O)OCC1c2ccccc2-c2ccccc21)OCc1ccccc1. The smallest absolute Gasteiger partial charge is 0.407 e. The highest BCUT2D eigenvalue weighted by molar-refractivity contribution is 5.79. The number of fused-ring (bicyclic) bond motifs is 3. The zero-order valence-electron chi connectivity index (χ0n) is 29.8. The van der Waals surface area contributed by atoms with E-state index in [1.54, 1.807) is 0 Å². The van der Waals surface area contributed by atoms with Gasteiger partial charge in [-0.3, -0.25) is 0 Å². The number of ether oxygens (including phenoxy) is 9. The summed E-state index contributed by atoms with van der Waals surface area (Å²) < 4.78 is 49.0. The molecule has 52 heavy (non-hydrogen) atoms. The van der Waals surface area contributed by atoms with E-state index in [0.717, 1.165) is 5.56 Å². The van der Waals surface area contributed by atoms with Crippen molar-refractivity contribution in [2.24, 2.45) is 0 Å². The fraction of sp³-hybridized carbons (Fsp3) is 0.487. The number of carbonyl (C=O) groups is 2. The van der Waals surface area contributed by atoms with Crippen molar-refractivity contribution in [2.75, 3.05) is 112 Å². The van der Waals surface area contributed by atoms with Gasteiger partial charge in [0.05, 0.1) is 92.5 Å². The highest BCUT2D eigenvalue weighted by atomic mass is 16.6. The molecule has 0 aromatic heterocycles. The zero-order chi connectivity index (χ0) is 36.3. The van der Waals surface area contributed by atoms with Gasteiger partial charge in [0.2, 0.25) is 0 Å². The lowest BCUT2D eigenvalue weighted by Gasteiger charge is -2.14. The highest BCUT2D eigenvalue weighted by Crippen LogP contribution is 2.44. The van der Waals surface area contributed by atoms with E-state index >= 15 is 0 Å². The maximum absolute atomic E-state index is 12.2. The number of hydrogen-bond acceptors (Lipinski definition) is 11. The molecule has 284 valence electrons. The van der Waals surface area contributed by atoms with Crippen LogP contribution in [0.1, 0.15) is 22.6 Å². The Bertz CT molecular complexity index is 1370. The lowest BCUT2D eigenvalue weighted by molar-refractivity contribution is -0.0202. The van der Waals surface area contributed by atoms with Crippen molar-refractivity contribution in [3.63, 3.8) is 0 Å². The van der Waals surface area contributed by atoms with Crippen molar-refractivity contribution in [1.29, 1.82) is 0 Å². The highest BCUT2D eigenvalue weighted by Gasteiger charge is 2.28. The van der Waals surface area contributed by atoms with E-state index < -0.39 is 12.2 Å². The van der Waals surface area contributed by atoms with E-state index in [1.165, 1.54) is 22.3 Å². The van der Waals surface area contributed by atoms with Gasteiger partial charge in [0.15, 0.2) is 0 Å². The molecule has 0 radical (unpaired) electrons. The topological polar surface area (TPSA) is 141 Å². The van der Waals surface area contributed by atoms with Crippen molar-refractivity contribution in [2.45, 2.75) is 12.5 Å². The summed E-state index contributed by atoms with van der Waals surface area (Å²) in [6.07, 6.45) is -0.930. The third-order valence-electron chi connectivity index (χ3n) is 7.82. The predicted octanol–water partition coefficient (Wildman–Crippen LogP) is 4.57. The molecule has 3 aromatic carbocycles. The van der Waals surface area contributed by atoms with Crippen LogP contribution < -0.4 is 10.6 Å². The van der Waals surface area contributed by atoms with Crippen LogP contribution in [0.2, 0.25) is 0 Å². The summed E-state index contributed by atoms with van der Waals surface area (Å²) in [6.45, 7) is 7.40. The lowest BCUT2D eigenvalue weighted by Crippen LogP contribution is -2.29. The first-order valence-electron chi connectivity index (χ1n) is 17.8. The molecule has 1 aliphatic rings. The van der Waals surface area contributed by atoms with Gasteiger partial charge in [0.25, 0.3) is 0 Å². The van der Waals surface area contributed by atoms with Gasteiger partial charge in [-0.15, -0.1) is 0 Å². The number of nitrogens with one attached hydrogen (secondary N) is 2. The molecule has 13 heteroatoms. The Morgan fingerprint density at radius 2 is 0.808 bits per heavy atom. The molecule has 0 bridgehead atoms. The van der Waals surface area contributed by atoms with Crippen LogP contribution in [0.5, 0.6) is 0 Å². The van der Waals surface area contributed by atoms with Crippen LogP contribution in [0, 0.1) is 0 Å². The predicted molar refractivity (Wildman–Crippen MR) is 193 cm³/mol. The van der Waals surface area contributed by atoms with E-state index in [2.05, 4.69) is 34.9 Å². The maximum atomic E-state index is 12.2. The fourth-order valence-corrected chi connectivity index (χ4v) is 5.30. The molecule has 2 N–H and O–H groups in total. The van der Waals surface area contributed by atoms with Crippen LogP contribution in [0.4, 0.5) is 9.59 Å². The third-order valence-corrected chi connectivity index (χ3v) is 7.82. The molecule has 0 unspecified atom stereocenters. The number of alkyl carbamates (subject to hydrolysis) is 2. The quantitative estimate of drug-likeness (QED) is 0.102. The molecule has 0 heterocycles. The Labute approximate surface area is 306 Å². The molecule has 3 aromatic rings. The van der Waals surface area contributed by atoms with E-state index in [9.17, 15) is 9.59 Å². The van der Waals surface area contributed by atoms with Gasteiger partial charge in [0, 0.05) is 19.0 Å². The molecular weight excluding hydrogens is 672 g/mol.